The van der Waals surface area contributed by atoms with Gasteiger partial charge in [-0.1, -0.05) is 19.1 Å². The summed E-state index contributed by atoms with van der Waals surface area (Å²) in [6.45, 7) is 6.37. The molecule has 0 radical (unpaired) electrons. The van der Waals surface area contributed by atoms with E-state index in [4.69, 9.17) is 9.47 Å². The quantitative estimate of drug-likeness (QED) is 0.566. The number of aryl methyl sites for hydroxylation is 1. The molecule has 0 aromatic heterocycles. The highest BCUT2D eigenvalue weighted by Crippen LogP contribution is 2.22. The molecule has 2 aromatic carbocycles. The average molecular weight is 404 g/mol. The average Bonchev–Trinajstić information content (AvgIpc) is 2.68. The second-order valence-electron chi connectivity index (χ2n) is 6.99. The van der Waals surface area contributed by atoms with Crippen LogP contribution in [-0.2, 0) is 21.2 Å². The van der Waals surface area contributed by atoms with Crippen molar-refractivity contribution < 1.29 is 22.7 Å². The minimum Gasteiger partial charge on any atom is -0.423 e. The smallest absolute Gasteiger partial charge is 0.343 e. The Morgan fingerprint density at radius 1 is 1.04 bits per heavy atom. The van der Waals surface area contributed by atoms with Gasteiger partial charge in [0.1, 0.15) is 5.75 Å². The number of morpholine rings is 1. The highest BCUT2D eigenvalue weighted by molar-refractivity contribution is 7.89. The Balaban J connectivity index is 1.72. The number of nitrogens with zero attached hydrogens (tertiary/aromatic N) is 1. The van der Waals surface area contributed by atoms with Crippen LogP contribution in [-0.4, -0.2) is 44.0 Å². The lowest BCUT2D eigenvalue weighted by Crippen LogP contribution is -2.48. The predicted octanol–water partition coefficient (Wildman–Crippen LogP) is 3.27. The van der Waals surface area contributed by atoms with Crippen molar-refractivity contribution in [2.75, 3.05) is 13.1 Å². The van der Waals surface area contributed by atoms with Crippen molar-refractivity contribution in [1.82, 2.24) is 4.31 Å². The lowest BCUT2D eigenvalue weighted by atomic mass is 10.2. The summed E-state index contributed by atoms with van der Waals surface area (Å²) >= 11 is 0. The number of benzene rings is 2. The van der Waals surface area contributed by atoms with Crippen molar-refractivity contribution in [1.29, 1.82) is 0 Å². The molecule has 1 aliphatic heterocycles. The molecule has 0 saturated carbocycles. The third kappa shape index (κ3) is 4.60. The molecule has 150 valence electrons. The molecule has 0 N–H and O–H groups in total. The predicted molar refractivity (Wildman–Crippen MR) is 106 cm³/mol. The molecule has 2 atom stereocenters. The van der Waals surface area contributed by atoms with Crippen LogP contribution in [0, 0.1) is 0 Å². The molecule has 0 unspecified atom stereocenters. The fourth-order valence-electron chi connectivity index (χ4n) is 3.20. The molecular weight excluding hydrogens is 378 g/mol. The zero-order valence-electron chi connectivity index (χ0n) is 16.3. The fourth-order valence-corrected chi connectivity index (χ4v) is 4.79. The highest BCUT2D eigenvalue weighted by Gasteiger charge is 2.32. The lowest BCUT2D eigenvalue weighted by Gasteiger charge is -2.34. The van der Waals surface area contributed by atoms with Gasteiger partial charge in [-0.15, -0.1) is 0 Å². The molecule has 1 saturated heterocycles. The first-order valence-corrected chi connectivity index (χ1v) is 10.8. The van der Waals surface area contributed by atoms with E-state index >= 15 is 0 Å². The molecule has 0 aliphatic carbocycles. The minimum absolute atomic E-state index is 0.151. The van der Waals surface area contributed by atoms with E-state index < -0.39 is 16.0 Å². The van der Waals surface area contributed by atoms with Crippen molar-refractivity contribution in [3.63, 3.8) is 0 Å². The van der Waals surface area contributed by atoms with Crippen LogP contribution in [0.15, 0.2) is 53.4 Å². The van der Waals surface area contributed by atoms with Gasteiger partial charge in [-0.2, -0.15) is 4.31 Å². The Labute approximate surface area is 166 Å². The van der Waals surface area contributed by atoms with Crippen LogP contribution in [0.25, 0.3) is 0 Å². The molecule has 6 nitrogen and oxygen atoms in total. The Hall–Kier alpha value is -2.22. The molecule has 0 spiro atoms. The van der Waals surface area contributed by atoms with E-state index in [2.05, 4.69) is 6.92 Å². The normalized spacial score (nSPS) is 20.7. The van der Waals surface area contributed by atoms with Gasteiger partial charge < -0.3 is 9.47 Å². The summed E-state index contributed by atoms with van der Waals surface area (Å²) in [6.07, 6.45) is 0.587. The van der Waals surface area contributed by atoms with Crippen LogP contribution in [0.4, 0.5) is 0 Å². The summed E-state index contributed by atoms with van der Waals surface area (Å²) in [7, 11) is -3.64. The number of esters is 1. The topological polar surface area (TPSA) is 72.9 Å². The molecule has 2 aromatic rings. The first-order chi connectivity index (χ1) is 13.3. The van der Waals surface area contributed by atoms with Crippen molar-refractivity contribution in [3.05, 3.63) is 59.7 Å². The third-order valence-electron chi connectivity index (χ3n) is 4.66. The highest BCUT2D eigenvalue weighted by atomic mass is 32.2. The molecule has 0 bridgehead atoms. The first-order valence-electron chi connectivity index (χ1n) is 9.36. The van der Waals surface area contributed by atoms with Gasteiger partial charge in [-0.3, -0.25) is 0 Å². The number of carbonyl (C=O) groups is 1. The number of hydrogen-bond acceptors (Lipinski definition) is 5. The molecule has 28 heavy (non-hydrogen) atoms. The molecule has 0 amide bonds. The molecular formula is C21H25NO5S. The molecule has 1 aliphatic rings. The first kappa shape index (κ1) is 20.5. The van der Waals surface area contributed by atoms with Gasteiger partial charge in [0, 0.05) is 13.1 Å². The number of sulfonamides is 1. The standard InChI is InChI=1S/C21H25NO5S/c1-4-17-5-9-19(10-6-17)27-21(23)18-7-11-20(12-8-18)28(24,25)22-13-15(2)26-16(3)14-22/h5-12,15-16H,4,13-14H2,1-3H3/t15-,16-/m0/s1. The van der Waals surface area contributed by atoms with Gasteiger partial charge in [-0.05, 0) is 62.2 Å². The Kier molecular flexibility index (Phi) is 6.17. The van der Waals surface area contributed by atoms with Crippen LogP contribution in [0.2, 0.25) is 0 Å². The number of hydrogen-bond donors (Lipinski definition) is 0. The zero-order valence-corrected chi connectivity index (χ0v) is 17.1. The van der Waals surface area contributed by atoms with E-state index in [0.29, 0.717) is 24.4 Å². The van der Waals surface area contributed by atoms with Gasteiger partial charge in [0.25, 0.3) is 0 Å². The summed E-state index contributed by atoms with van der Waals surface area (Å²) in [5, 5.41) is 0. The molecule has 1 fully saturated rings. The molecule has 3 rings (SSSR count). The number of carbonyl (C=O) groups excluding carboxylic acids is 1. The van der Waals surface area contributed by atoms with Crippen LogP contribution >= 0.6 is 0 Å². The van der Waals surface area contributed by atoms with E-state index in [1.54, 1.807) is 12.1 Å². The second kappa shape index (κ2) is 8.43. The van der Waals surface area contributed by atoms with Gasteiger partial charge in [-0.25, -0.2) is 13.2 Å². The van der Waals surface area contributed by atoms with E-state index in [9.17, 15) is 13.2 Å². The van der Waals surface area contributed by atoms with E-state index in [0.717, 1.165) is 12.0 Å². The fraction of sp³-hybridized carbons (Fsp3) is 0.381. The van der Waals surface area contributed by atoms with Crippen molar-refractivity contribution in [2.24, 2.45) is 0 Å². The van der Waals surface area contributed by atoms with Crippen molar-refractivity contribution >= 4 is 16.0 Å². The summed E-state index contributed by atoms with van der Waals surface area (Å²) in [4.78, 5) is 12.5. The lowest BCUT2D eigenvalue weighted by molar-refractivity contribution is -0.0440. The maximum absolute atomic E-state index is 12.9. The maximum atomic E-state index is 12.9. The third-order valence-corrected chi connectivity index (χ3v) is 6.50. The monoisotopic (exact) mass is 403 g/mol. The van der Waals surface area contributed by atoms with Crippen LogP contribution < -0.4 is 4.74 Å². The Bertz CT molecular complexity index is 912. The van der Waals surface area contributed by atoms with Crippen LogP contribution in [0.1, 0.15) is 36.7 Å². The van der Waals surface area contributed by atoms with E-state index in [-0.39, 0.29) is 17.1 Å². The van der Waals surface area contributed by atoms with Crippen LogP contribution in [0.5, 0.6) is 5.75 Å². The SMILES string of the molecule is CCc1ccc(OC(=O)c2ccc(S(=O)(=O)N3C[C@H](C)O[C@@H](C)C3)cc2)cc1. The van der Waals surface area contributed by atoms with Crippen LogP contribution in [0.3, 0.4) is 0 Å². The largest absolute Gasteiger partial charge is 0.423 e. The van der Waals surface area contributed by atoms with E-state index in [1.807, 2.05) is 26.0 Å². The second-order valence-corrected chi connectivity index (χ2v) is 8.93. The van der Waals surface area contributed by atoms with Gasteiger partial charge >= 0.3 is 5.97 Å². The molecule has 7 heteroatoms. The number of rotatable bonds is 5. The Morgan fingerprint density at radius 2 is 1.61 bits per heavy atom. The summed E-state index contributed by atoms with van der Waals surface area (Å²) < 4.78 is 38.1. The summed E-state index contributed by atoms with van der Waals surface area (Å²) in [6, 6.07) is 13.1. The minimum atomic E-state index is -3.64. The zero-order chi connectivity index (χ0) is 20.3. The van der Waals surface area contributed by atoms with Gasteiger partial charge in [0.05, 0.1) is 22.7 Å². The van der Waals surface area contributed by atoms with Gasteiger partial charge in [0.2, 0.25) is 10.0 Å². The van der Waals surface area contributed by atoms with Gasteiger partial charge in [0.15, 0.2) is 0 Å². The van der Waals surface area contributed by atoms with E-state index in [1.165, 1.54) is 28.6 Å². The summed E-state index contributed by atoms with van der Waals surface area (Å²) in [5.74, 6) is -0.0722. The van der Waals surface area contributed by atoms with Crippen molar-refractivity contribution in [3.8, 4) is 5.75 Å². The maximum Gasteiger partial charge on any atom is 0.343 e. The summed E-state index contributed by atoms with van der Waals surface area (Å²) in [5.41, 5.74) is 1.45. The Morgan fingerprint density at radius 3 is 2.14 bits per heavy atom. The molecule has 1 heterocycles. The van der Waals surface area contributed by atoms with Crippen molar-refractivity contribution in [2.45, 2.75) is 44.3 Å². The number of ether oxygens (including phenoxy) is 2.